The summed E-state index contributed by atoms with van der Waals surface area (Å²) in [4.78, 5) is 9.46. The van der Waals surface area contributed by atoms with E-state index in [4.69, 9.17) is 4.74 Å². The van der Waals surface area contributed by atoms with E-state index in [1.165, 1.54) is 17.1 Å². The number of hydrogen-bond acceptors (Lipinski definition) is 5. The molecule has 0 saturated carbocycles. The fourth-order valence-electron chi connectivity index (χ4n) is 1.85. The van der Waals surface area contributed by atoms with Crippen LogP contribution in [-0.2, 0) is 13.0 Å². The van der Waals surface area contributed by atoms with E-state index < -0.39 is 0 Å². The molecule has 21 heavy (non-hydrogen) atoms. The van der Waals surface area contributed by atoms with Gasteiger partial charge in [0.2, 0.25) is 5.88 Å². The second-order valence-corrected chi connectivity index (χ2v) is 6.05. The molecular weight excluding hydrogens is 289 g/mol. The second kappa shape index (κ2) is 7.47. The summed E-state index contributed by atoms with van der Waals surface area (Å²) < 4.78 is 19.0. The Hall–Kier alpha value is -1.53. The summed E-state index contributed by atoms with van der Waals surface area (Å²) in [5, 5.41) is 3.25. The molecule has 0 aliphatic rings. The third kappa shape index (κ3) is 4.75. The molecule has 2 heterocycles. The van der Waals surface area contributed by atoms with Crippen LogP contribution < -0.4 is 10.1 Å². The summed E-state index contributed by atoms with van der Waals surface area (Å²) >= 11 is 1.62. The highest BCUT2D eigenvalue weighted by Crippen LogP contribution is 2.18. The van der Waals surface area contributed by atoms with Gasteiger partial charge in [0.1, 0.15) is 5.82 Å². The van der Waals surface area contributed by atoms with Crippen molar-refractivity contribution < 1.29 is 9.13 Å². The minimum absolute atomic E-state index is 0.320. The standard InChI is InChI=1S/C15H20FN3OS/c1-10(2)17-7-12-6-13(16)8-18-15(12)20-5-4-14-11(3)19-9-21-14/h6,8-10,17H,4-5,7H2,1-3H3. The van der Waals surface area contributed by atoms with Crippen LogP contribution in [0.4, 0.5) is 4.39 Å². The van der Waals surface area contributed by atoms with E-state index >= 15 is 0 Å². The van der Waals surface area contributed by atoms with E-state index in [-0.39, 0.29) is 5.82 Å². The molecule has 114 valence electrons. The average molecular weight is 309 g/mol. The number of hydrogen-bond donors (Lipinski definition) is 1. The van der Waals surface area contributed by atoms with Crippen molar-refractivity contribution >= 4 is 11.3 Å². The van der Waals surface area contributed by atoms with Gasteiger partial charge in [-0.25, -0.2) is 14.4 Å². The third-order valence-corrected chi connectivity index (χ3v) is 4.00. The van der Waals surface area contributed by atoms with Gasteiger partial charge in [0, 0.05) is 29.4 Å². The molecule has 0 aromatic carbocycles. The van der Waals surface area contributed by atoms with Crippen molar-refractivity contribution in [3.8, 4) is 5.88 Å². The number of ether oxygens (including phenoxy) is 1. The predicted octanol–water partition coefficient (Wildman–Crippen LogP) is 3.11. The van der Waals surface area contributed by atoms with Crippen LogP contribution in [0.2, 0.25) is 0 Å². The molecule has 4 nitrogen and oxygen atoms in total. The lowest BCUT2D eigenvalue weighted by molar-refractivity contribution is 0.304. The summed E-state index contributed by atoms with van der Waals surface area (Å²) in [6, 6.07) is 1.79. The van der Waals surface area contributed by atoms with Crippen molar-refractivity contribution in [2.45, 2.75) is 39.8 Å². The molecule has 0 aliphatic heterocycles. The monoisotopic (exact) mass is 309 g/mol. The van der Waals surface area contributed by atoms with Crippen LogP contribution in [0.5, 0.6) is 5.88 Å². The largest absolute Gasteiger partial charge is 0.477 e. The molecular formula is C15H20FN3OS. The van der Waals surface area contributed by atoms with Crippen LogP contribution in [0.15, 0.2) is 17.8 Å². The van der Waals surface area contributed by atoms with Gasteiger partial charge in [-0.05, 0) is 13.0 Å². The molecule has 6 heteroatoms. The van der Waals surface area contributed by atoms with Crippen LogP contribution in [0.1, 0.15) is 30.0 Å². The number of rotatable bonds is 7. The van der Waals surface area contributed by atoms with Gasteiger partial charge in [-0.2, -0.15) is 0 Å². The van der Waals surface area contributed by atoms with Gasteiger partial charge in [0.05, 0.1) is 24.0 Å². The van der Waals surface area contributed by atoms with Crippen molar-refractivity contribution in [2.75, 3.05) is 6.61 Å². The van der Waals surface area contributed by atoms with Crippen molar-refractivity contribution in [1.82, 2.24) is 15.3 Å². The Labute approximate surface area is 128 Å². The fourth-order valence-corrected chi connectivity index (χ4v) is 2.61. The van der Waals surface area contributed by atoms with Crippen molar-refractivity contribution in [2.24, 2.45) is 0 Å². The Kier molecular flexibility index (Phi) is 5.64. The van der Waals surface area contributed by atoms with Gasteiger partial charge in [-0.3, -0.25) is 0 Å². The SMILES string of the molecule is Cc1ncsc1CCOc1ncc(F)cc1CNC(C)C. The first-order valence-electron chi connectivity index (χ1n) is 6.96. The topological polar surface area (TPSA) is 47.0 Å². The number of nitrogens with zero attached hydrogens (tertiary/aromatic N) is 2. The van der Waals surface area contributed by atoms with Gasteiger partial charge >= 0.3 is 0 Å². The molecule has 2 aromatic rings. The van der Waals surface area contributed by atoms with Gasteiger partial charge < -0.3 is 10.1 Å². The third-order valence-electron chi connectivity index (χ3n) is 3.01. The molecule has 2 aromatic heterocycles. The zero-order chi connectivity index (χ0) is 15.2. The molecule has 2 rings (SSSR count). The Morgan fingerprint density at radius 2 is 2.19 bits per heavy atom. The van der Waals surface area contributed by atoms with Crippen LogP contribution in [0.25, 0.3) is 0 Å². The molecule has 0 bridgehead atoms. The van der Waals surface area contributed by atoms with E-state index in [1.54, 1.807) is 11.3 Å². The Balaban J connectivity index is 1.96. The molecule has 0 aliphatic carbocycles. The lowest BCUT2D eigenvalue weighted by atomic mass is 10.2. The first kappa shape index (κ1) is 15.9. The number of aryl methyl sites for hydroxylation is 1. The number of thiazole rings is 1. The maximum absolute atomic E-state index is 13.3. The van der Waals surface area contributed by atoms with E-state index in [1.807, 2.05) is 26.3 Å². The molecule has 1 N–H and O–H groups in total. The molecule has 0 unspecified atom stereocenters. The number of halogens is 1. The fraction of sp³-hybridized carbons (Fsp3) is 0.467. The Morgan fingerprint density at radius 3 is 2.86 bits per heavy atom. The summed E-state index contributed by atoms with van der Waals surface area (Å²) in [7, 11) is 0. The van der Waals surface area contributed by atoms with E-state index in [0.717, 1.165) is 17.7 Å². The highest BCUT2D eigenvalue weighted by molar-refractivity contribution is 7.09. The Morgan fingerprint density at radius 1 is 1.38 bits per heavy atom. The minimum Gasteiger partial charge on any atom is -0.477 e. The number of nitrogens with one attached hydrogen (secondary N) is 1. The van der Waals surface area contributed by atoms with E-state index in [2.05, 4.69) is 15.3 Å². The molecule has 0 amide bonds. The summed E-state index contributed by atoms with van der Waals surface area (Å²) in [5.41, 5.74) is 3.61. The van der Waals surface area contributed by atoms with Crippen LogP contribution in [-0.4, -0.2) is 22.6 Å². The minimum atomic E-state index is -0.346. The highest BCUT2D eigenvalue weighted by atomic mass is 32.1. The zero-order valence-corrected chi connectivity index (χ0v) is 13.3. The summed E-state index contributed by atoms with van der Waals surface area (Å²) in [6.45, 7) is 7.12. The van der Waals surface area contributed by atoms with Crippen LogP contribution >= 0.6 is 11.3 Å². The van der Waals surface area contributed by atoms with E-state index in [0.29, 0.717) is 25.1 Å². The number of pyridine rings is 1. The Bertz CT molecular complexity index is 586. The first-order chi connectivity index (χ1) is 10.1. The van der Waals surface area contributed by atoms with Crippen molar-refractivity contribution in [3.05, 3.63) is 39.7 Å². The summed E-state index contributed by atoms with van der Waals surface area (Å²) in [6.07, 6.45) is 1.97. The summed E-state index contributed by atoms with van der Waals surface area (Å²) in [5.74, 6) is 0.146. The first-order valence-corrected chi connectivity index (χ1v) is 7.83. The molecule has 0 spiro atoms. The van der Waals surface area contributed by atoms with E-state index in [9.17, 15) is 4.39 Å². The number of aromatic nitrogens is 2. The van der Waals surface area contributed by atoms with Gasteiger partial charge in [0.25, 0.3) is 0 Å². The highest BCUT2D eigenvalue weighted by Gasteiger charge is 2.09. The van der Waals surface area contributed by atoms with Gasteiger partial charge in [0.15, 0.2) is 0 Å². The second-order valence-electron chi connectivity index (χ2n) is 5.11. The lowest BCUT2D eigenvalue weighted by Gasteiger charge is -2.12. The van der Waals surface area contributed by atoms with Crippen molar-refractivity contribution in [1.29, 1.82) is 0 Å². The average Bonchev–Trinajstić information content (AvgIpc) is 2.84. The molecule has 0 fully saturated rings. The maximum atomic E-state index is 13.3. The van der Waals surface area contributed by atoms with Crippen LogP contribution in [0, 0.1) is 12.7 Å². The van der Waals surface area contributed by atoms with Crippen LogP contribution in [0.3, 0.4) is 0 Å². The zero-order valence-electron chi connectivity index (χ0n) is 12.5. The maximum Gasteiger partial charge on any atom is 0.218 e. The van der Waals surface area contributed by atoms with Gasteiger partial charge in [-0.15, -0.1) is 11.3 Å². The molecule has 0 atom stereocenters. The van der Waals surface area contributed by atoms with Crippen molar-refractivity contribution in [3.63, 3.8) is 0 Å². The molecule has 0 saturated heterocycles. The normalized spacial score (nSPS) is 11.1. The smallest absolute Gasteiger partial charge is 0.218 e. The molecule has 0 radical (unpaired) electrons. The predicted molar refractivity (Wildman–Crippen MR) is 82.2 cm³/mol. The lowest BCUT2D eigenvalue weighted by Crippen LogP contribution is -2.22. The van der Waals surface area contributed by atoms with Gasteiger partial charge in [-0.1, -0.05) is 13.8 Å². The quantitative estimate of drug-likeness (QED) is 0.854.